The van der Waals surface area contributed by atoms with Crippen molar-refractivity contribution in [2.75, 3.05) is 12.8 Å². The number of ether oxygens (including phenoxy) is 2. The minimum atomic E-state index is -0.318. The van der Waals surface area contributed by atoms with Crippen LogP contribution >= 0.6 is 0 Å². The number of nitrogen functional groups attached to an aromatic ring is 1. The first kappa shape index (κ1) is 13.2. The molecule has 0 unspecified atom stereocenters. The van der Waals surface area contributed by atoms with E-state index >= 15 is 0 Å². The molecule has 0 aliphatic heterocycles. The van der Waals surface area contributed by atoms with Crippen molar-refractivity contribution in [1.29, 1.82) is 0 Å². The Labute approximate surface area is 110 Å². The van der Waals surface area contributed by atoms with Crippen LogP contribution in [0, 0.1) is 5.82 Å². The third-order valence-electron chi connectivity index (χ3n) is 2.38. The van der Waals surface area contributed by atoms with Gasteiger partial charge in [0.05, 0.1) is 0 Å². The average molecular weight is 263 g/mol. The average Bonchev–Trinajstić information content (AvgIpc) is 2.37. The molecule has 1 aromatic heterocycles. The Morgan fingerprint density at radius 1 is 1.21 bits per heavy atom. The van der Waals surface area contributed by atoms with Crippen molar-refractivity contribution in [1.82, 2.24) is 9.97 Å². The number of rotatable bonds is 5. The zero-order valence-corrected chi connectivity index (χ0v) is 10.5. The molecule has 0 saturated heterocycles. The highest BCUT2D eigenvalue weighted by Gasteiger charge is 2.06. The zero-order valence-electron chi connectivity index (χ0n) is 10.5. The molecule has 19 heavy (non-hydrogen) atoms. The molecule has 0 spiro atoms. The number of anilines is 1. The summed E-state index contributed by atoms with van der Waals surface area (Å²) in [6.45, 7) is 0.316. The Bertz CT molecular complexity index is 563. The molecule has 2 rings (SSSR count). The van der Waals surface area contributed by atoms with Crippen molar-refractivity contribution in [3.05, 3.63) is 47.5 Å². The summed E-state index contributed by atoms with van der Waals surface area (Å²) in [6.07, 6.45) is 0. The summed E-state index contributed by atoms with van der Waals surface area (Å²) in [6, 6.07) is 7.88. The molecule has 0 amide bonds. The SMILES string of the molecule is COCc1nc(N)cc(OCc2ccccc2F)n1. The lowest BCUT2D eigenvalue weighted by Gasteiger charge is -2.08. The van der Waals surface area contributed by atoms with Crippen LogP contribution in [0.5, 0.6) is 5.88 Å². The molecular weight excluding hydrogens is 249 g/mol. The van der Waals surface area contributed by atoms with E-state index in [1.54, 1.807) is 18.2 Å². The second-order valence-corrected chi connectivity index (χ2v) is 3.86. The molecule has 5 nitrogen and oxygen atoms in total. The number of halogens is 1. The van der Waals surface area contributed by atoms with Gasteiger partial charge in [-0.05, 0) is 6.07 Å². The van der Waals surface area contributed by atoms with Crippen LogP contribution in [0.2, 0.25) is 0 Å². The summed E-state index contributed by atoms with van der Waals surface area (Å²) in [7, 11) is 1.53. The van der Waals surface area contributed by atoms with Gasteiger partial charge in [0.15, 0.2) is 5.82 Å². The summed E-state index contributed by atoms with van der Waals surface area (Å²) in [4.78, 5) is 8.09. The van der Waals surface area contributed by atoms with Crippen LogP contribution in [0.1, 0.15) is 11.4 Å². The van der Waals surface area contributed by atoms with E-state index < -0.39 is 0 Å². The second kappa shape index (κ2) is 6.10. The first-order valence-corrected chi connectivity index (χ1v) is 5.67. The number of nitrogens with two attached hydrogens (primary N) is 1. The molecule has 0 atom stereocenters. The highest BCUT2D eigenvalue weighted by atomic mass is 19.1. The van der Waals surface area contributed by atoms with Crippen molar-refractivity contribution in [3.8, 4) is 5.88 Å². The Balaban J connectivity index is 2.09. The minimum absolute atomic E-state index is 0.0789. The molecule has 0 radical (unpaired) electrons. The number of hydrogen-bond acceptors (Lipinski definition) is 5. The van der Waals surface area contributed by atoms with Gasteiger partial charge in [-0.25, -0.2) is 9.37 Å². The van der Waals surface area contributed by atoms with Gasteiger partial charge < -0.3 is 15.2 Å². The van der Waals surface area contributed by atoms with Gasteiger partial charge in [0.25, 0.3) is 0 Å². The van der Waals surface area contributed by atoms with Crippen LogP contribution in [0.25, 0.3) is 0 Å². The summed E-state index contributed by atoms with van der Waals surface area (Å²) in [5.41, 5.74) is 6.08. The third kappa shape index (κ3) is 3.62. The lowest BCUT2D eigenvalue weighted by atomic mass is 10.2. The zero-order chi connectivity index (χ0) is 13.7. The van der Waals surface area contributed by atoms with Gasteiger partial charge in [0.1, 0.15) is 24.8 Å². The maximum absolute atomic E-state index is 13.4. The summed E-state index contributed by atoms with van der Waals surface area (Å²) >= 11 is 0. The first-order chi connectivity index (χ1) is 9.19. The van der Waals surface area contributed by atoms with Crippen LogP contribution in [-0.4, -0.2) is 17.1 Å². The van der Waals surface area contributed by atoms with Crippen molar-refractivity contribution >= 4 is 5.82 Å². The van der Waals surface area contributed by atoms with E-state index in [4.69, 9.17) is 15.2 Å². The van der Waals surface area contributed by atoms with Crippen LogP contribution in [0.15, 0.2) is 30.3 Å². The van der Waals surface area contributed by atoms with Crippen LogP contribution < -0.4 is 10.5 Å². The lowest BCUT2D eigenvalue weighted by Crippen LogP contribution is -2.05. The van der Waals surface area contributed by atoms with E-state index in [1.807, 2.05) is 0 Å². The predicted octanol–water partition coefficient (Wildman–Crippen LogP) is 1.92. The smallest absolute Gasteiger partial charge is 0.219 e. The maximum atomic E-state index is 13.4. The molecule has 0 saturated carbocycles. The second-order valence-electron chi connectivity index (χ2n) is 3.86. The van der Waals surface area contributed by atoms with Crippen LogP contribution in [-0.2, 0) is 18.0 Å². The van der Waals surface area contributed by atoms with Gasteiger partial charge >= 0.3 is 0 Å². The largest absolute Gasteiger partial charge is 0.473 e. The number of methoxy groups -OCH3 is 1. The van der Waals surface area contributed by atoms with Gasteiger partial charge in [0.2, 0.25) is 5.88 Å². The van der Waals surface area contributed by atoms with E-state index in [1.165, 1.54) is 19.2 Å². The Morgan fingerprint density at radius 2 is 2.00 bits per heavy atom. The molecule has 100 valence electrons. The Morgan fingerprint density at radius 3 is 2.74 bits per heavy atom. The molecule has 1 heterocycles. The first-order valence-electron chi connectivity index (χ1n) is 5.67. The minimum Gasteiger partial charge on any atom is -0.473 e. The third-order valence-corrected chi connectivity index (χ3v) is 2.38. The van der Waals surface area contributed by atoms with E-state index in [0.717, 1.165) is 0 Å². The van der Waals surface area contributed by atoms with Crippen molar-refractivity contribution < 1.29 is 13.9 Å². The van der Waals surface area contributed by atoms with Gasteiger partial charge in [-0.15, -0.1) is 0 Å². The number of hydrogen-bond donors (Lipinski definition) is 1. The fraction of sp³-hybridized carbons (Fsp3) is 0.231. The summed E-state index contributed by atoms with van der Waals surface area (Å²) in [5, 5.41) is 0. The van der Waals surface area contributed by atoms with E-state index in [-0.39, 0.29) is 24.8 Å². The Hall–Kier alpha value is -2.21. The van der Waals surface area contributed by atoms with Gasteiger partial charge in [-0.1, -0.05) is 18.2 Å². The molecule has 0 fully saturated rings. The number of aromatic nitrogens is 2. The topological polar surface area (TPSA) is 70.3 Å². The van der Waals surface area contributed by atoms with E-state index in [0.29, 0.717) is 17.3 Å². The van der Waals surface area contributed by atoms with E-state index in [9.17, 15) is 4.39 Å². The molecule has 2 aromatic rings. The molecule has 1 aromatic carbocycles. The molecule has 0 bridgehead atoms. The monoisotopic (exact) mass is 263 g/mol. The molecule has 0 aliphatic carbocycles. The van der Waals surface area contributed by atoms with Crippen molar-refractivity contribution in [3.63, 3.8) is 0 Å². The van der Waals surface area contributed by atoms with Gasteiger partial charge in [0, 0.05) is 18.7 Å². The Kier molecular flexibility index (Phi) is 4.25. The molecular formula is C13H14FN3O2. The summed E-state index contributed by atoms with van der Waals surface area (Å²) < 4.78 is 23.8. The van der Waals surface area contributed by atoms with E-state index in [2.05, 4.69) is 9.97 Å². The van der Waals surface area contributed by atoms with Gasteiger partial charge in [-0.2, -0.15) is 4.98 Å². The molecule has 2 N–H and O–H groups in total. The highest BCUT2D eigenvalue weighted by Crippen LogP contribution is 2.14. The highest BCUT2D eigenvalue weighted by molar-refractivity contribution is 5.33. The maximum Gasteiger partial charge on any atom is 0.219 e. The van der Waals surface area contributed by atoms with Crippen LogP contribution in [0.4, 0.5) is 10.2 Å². The van der Waals surface area contributed by atoms with Gasteiger partial charge in [-0.3, -0.25) is 0 Å². The predicted molar refractivity (Wildman–Crippen MR) is 67.9 cm³/mol. The molecule has 6 heteroatoms. The van der Waals surface area contributed by atoms with Crippen molar-refractivity contribution in [2.45, 2.75) is 13.2 Å². The lowest BCUT2D eigenvalue weighted by molar-refractivity contribution is 0.176. The van der Waals surface area contributed by atoms with Crippen LogP contribution in [0.3, 0.4) is 0 Å². The molecule has 0 aliphatic rings. The number of nitrogens with zero attached hydrogens (tertiary/aromatic N) is 2. The standard InChI is InChI=1S/C13H14FN3O2/c1-18-8-12-16-11(15)6-13(17-12)19-7-9-4-2-3-5-10(9)14/h2-6H,7-8H2,1H3,(H2,15,16,17). The quantitative estimate of drug-likeness (QED) is 0.892. The normalized spacial score (nSPS) is 10.4. The number of benzene rings is 1. The fourth-order valence-electron chi connectivity index (χ4n) is 1.53. The fourth-order valence-corrected chi connectivity index (χ4v) is 1.53. The summed E-state index contributed by atoms with van der Waals surface area (Å²) in [5.74, 6) is 0.682. The van der Waals surface area contributed by atoms with Crippen molar-refractivity contribution in [2.24, 2.45) is 0 Å².